The molecule has 1 heterocycles. The summed E-state index contributed by atoms with van der Waals surface area (Å²) in [5, 5.41) is 5.58. The third-order valence-corrected chi connectivity index (χ3v) is 3.79. The molecule has 7 heteroatoms. The zero-order valence-corrected chi connectivity index (χ0v) is 13.4. The molecular formula is C16H24N4O3. The highest BCUT2D eigenvalue weighted by molar-refractivity contribution is 5.95. The van der Waals surface area contributed by atoms with Crippen molar-refractivity contribution in [1.82, 2.24) is 10.2 Å². The average molecular weight is 320 g/mol. The van der Waals surface area contributed by atoms with E-state index in [1.807, 2.05) is 0 Å². The summed E-state index contributed by atoms with van der Waals surface area (Å²) in [5.74, 6) is -0.471. The maximum absolute atomic E-state index is 11.8. The fourth-order valence-electron chi connectivity index (χ4n) is 2.52. The number of rotatable bonds is 6. The summed E-state index contributed by atoms with van der Waals surface area (Å²) >= 11 is 0. The molecule has 0 aromatic heterocycles. The van der Waals surface area contributed by atoms with Gasteiger partial charge >= 0.3 is 6.03 Å². The normalized spacial score (nSPS) is 15.2. The lowest BCUT2D eigenvalue weighted by Gasteiger charge is -2.26. The predicted octanol–water partition coefficient (Wildman–Crippen LogP) is 0.938. The van der Waals surface area contributed by atoms with Gasteiger partial charge in [-0.1, -0.05) is 0 Å². The Morgan fingerprint density at radius 2 is 2.04 bits per heavy atom. The van der Waals surface area contributed by atoms with Gasteiger partial charge in [0.2, 0.25) is 5.91 Å². The van der Waals surface area contributed by atoms with Crippen molar-refractivity contribution in [2.45, 2.75) is 13.3 Å². The van der Waals surface area contributed by atoms with Crippen LogP contribution in [0.4, 0.5) is 10.5 Å². The number of benzene rings is 1. The molecule has 0 unspecified atom stereocenters. The molecule has 3 amide bonds. The fourth-order valence-corrected chi connectivity index (χ4v) is 2.52. The van der Waals surface area contributed by atoms with Gasteiger partial charge in [-0.25, -0.2) is 4.79 Å². The third kappa shape index (κ3) is 5.54. The third-order valence-electron chi connectivity index (χ3n) is 3.79. The fraction of sp³-hybridized carbons (Fsp3) is 0.500. The minimum absolute atomic E-state index is 0.252. The van der Waals surface area contributed by atoms with Crippen molar-refractivity contribution < 1.29 is 14.3 Å². The number of nitrogens with one attached hydrogen (secondary N) is 2. The Hall–Kier alpha value is -2.12. The standard InChI is InChI=1S/C16H24N4O3/c1-12-11-13(3-4-14(12)15(17)21)19-16(22)18-5-2-6-20-7-9-23-10-8-20/h3-4,11H,2,5-10H2,1H3,(H2,17,21)(H2,18,19,22). The van der Waals surface area contributed by atoms with Crippen molar-refractivity contribution in [3.63, 3.8) is 0 Å². The molecule has 1 fully saturated rings. The van der Waals surface area contributed by atoms with Crippen LogP contribution in [0.15, 0.2) is 18.2 Å². The van der Waals surface area contributed by atoms with Gasteiger partial charge in [-0.3, -0.25) is 9.69 Å². The monoisotopic (exact) mass is 320 g/mol. The molecule has 23 heavy (non-hydrogen) atoms. The molecule has 0 atom stereocenters. The van der Waals surface area contributed by atoms with Crippen LogP contribution in [0.1, 0.15) is 22.3 Å². The first kappa shape index (κ1) is 17.2. The van der Waals surface area contributed by atoms with E-state index in [4.69, 9.17) is 10.5 Å². The largest absolute Gasteiger partial charge is 0.379 e. The number of carbonyl (C=O) groups is 2. The van der Waals surface area contributed by atoms with Gasteiger partial charge in [-0.2, -0.15) is 0 Å². The Kier molecular flexibility index (Phi) is 6.37. The number of urea groups is 1. The first-order chi connectivity index (χ1) is 11.1. The summed E-state index contributed by atoms with van der Waals surface area (Å²) in [6.45, 7) is 6.83. The zero-order chi connectivity index (χ0) is 16.7. The van der Waals surface area contributed by atoms with Crippen LogP contribution < -0.4 is 16.4 Å². The molecule has 0 saturated carbocycles. The van der Waals surface area contributed by atoms with E-state index in [-0.39, 0.29) is 6.03 Å². The lowest BCUT2D eigenvalue weighted by atomic mass is 10.1. The van der Waals surface area contributed by atoms with Gasteiger partial charge in [-0.15, -0.1) is 0 Å². The number of morpholine rings is 1. The number of ether oxygens (including phenoxy) is 1. The van der Waals surface area contributed by atoms with Gasteiger partial charge in [0.15, 0.2) is 0 Å². The number of carbonyl (C=O) groups excluding carboxylic acids is 2. The molecule has 1 aliphatic rings. The minimum Gasteiger partial charge on any atom is -0.379 e. The number of aryl methyl sites for hydroxylation is 1. The van der Waals surface area contributed by atoms with Gasteiger partial charge in [-0.05, 0) is 43.7 Å². The highest BCUT2D eigenvalue weighted by Crippen LogP contribution is 2.14. The van der Waals surface area contributed by atoms with Crippen LogP contribution in [-0.4, -0.2) is 56.2 Å². The van der Waals surface area contributed by atoms with Crippen LogP contribution in [0.25, 0.3) is 0 Å². The smallest absolute Gasteiger partial charge is 0.319 e. The lowest BCUT2D eigenvalue weighted by molar-refractivity contribution is 0.0375. The number of amides is 3. The van der Waals surface area contributed by atoms with Crippen molar-refractivity contribution in [2.75, 3.05) is 44.7 Å². The van der Waals surface area contributed by atoms with Crippen LogP contribution in [-0.2, 0) is 4.74 Å². The van der Waals surface area contributed by atoms with E-state index in [9.17, 15) is 9.59 Å². The van der Waals surface area contributed by atoms with Crippen LogP contribution in [0, 0.1) is 6.92 Å². The molecule has 0 spiro atoms. The van der Waals surface area contributed by atoms with Gasteiger partial charge in [0.05, 0.1) is 13.2 Å². The molecule has 7 nitrogen and oxygen atoms in total. The number of hydrogen-bond donors (Lipinski definition) is 3. The number of nitrogens with zero attached hydrogens (tertiary/aromatic N) is 1. The Labute approximate surface area is 136 Å². The second-order valence-electron chi connectivity index (χ2n) is 5.58. The van der Waals surface area contributed by atoms with Crippen molar-refractivity contribution in [2.24, 2.45) is 5.73 Å². The van der Waals surface area contributed by atoms with Crippen molar-refractivity contribution in [1.29, 1.82) is 0 Å². The summed E-state index contributed by atoms with van der Waals surface area (Å²) in [7, 11) is 0. The second-order valence-corrected chi connectivity index (χ2v) is 5.58. The van der Waals surface area contributed by atoms with Gasteiger partial charge in [0.1, 0.15) is 0 Å². The molecule has 4 N–H and O–H groups in total. The van der Waals surface area contributed by atoms with E-state index in [1.165, 1.54) is 0 Å². The summed E-state index contributed by atoms with van der Waals surface area (Å²) in [6.07, 6.45) is 0.896. The average Bonchev–Trinajstić information content (AvgIpc) is 2.52. The Bertz CT molecular complexity index is 556. The zero-order valence-electron chi connectivity index (χ0n) is 13.4. The maximum Gasteiger partial charge on any atom is 0.319 e. The Morgan fingerprint density at radius 3 is 2.70 bits per heavy atom. The first-order valence-electron chi connectivity index (χ1n) is 7.81. The molecule has 1 saturated heterocycles. The molecule has 2 rings (SSSR count). The minimum atomic E-state index is -0.471. The van der Waals surface area contributed by atoms with E-state index >= 15 is 0 Å². The van der Waals surface area contributed by atoms with Gasteiger partial charge < -0.3 is 21.1 Å². The first-order valence-corrected chi connectivity index (χ1v) is 7.81. The van der Waals surface area contributed by atoms with Crippen LogP contribution in [0.2, 0.25) is 0 Å². The predicted molar refractivity (Wildman–Crippen MR) is 88.6 cm³/mol. The van der Waals surface area contributed by atoms with E-state index in [2.05, 4.69) is 15.5 Å². The number of primary amides is 1. The van der Waals surface area contributed by atoms with Crippen molar-refractivity contribution >= 4 is 17.6 Å². The molecule has 0 bridgehead atoms. The van der Waals surface area contributed by atoms with E-state index in [1.54, 1.807) is 25.1 Å². The quantitative estimate of drug-likeness (QED) is 0.680. The van der Waals surface area contributed by atoms with Gasteiger partial charge in [0.25, 0.3) is 0 Å². The lowest BCUT2D eigenvalue weighted by Crippen LogP contribution is -2.38. The molecule has 1 aromatic carbocycles. The van der Waals surface area contributed by atoms with E-state index in [0.717, 1.165) is 44.8 Å². The van der Waals surface area contributed by atoms with Gasteiger partial charge in [0, 0.05) is 30.9 Å². The molecule has 0 radical (unpaired) electrons. The Morgan fingerprint density at radius 1 is 1.30 bits per heavy atom. The van der Waals surface area contributed by atoms with Crippen LogP contribution in [0.3, 0.4) is 0 Å². The van der Waals surface area contributed by atoms with E-state index in [0.29, 0.717) is 17.8 Å². The Balaban J connectivity index is 1.70. The summed E-state index contributed by atoms with van der Waals surface area (Å²) < 4.78 is 5.29. The molecule has 1 aromatic rings. The number of nitrogens with two attached hydrogens (primary N) is 1. The highest BCUT2D eigenvalue weighted by Gasteiger charge is 2.10. The second kappa shape index (κ2) is 8.50. The van der Waals surface area contributed by atoms with Crippen molar-refractivity contribution in [3.8, 4) is 0 Å². The summed E-state index contributed by atoms with van der Waals surface area (Å²) in [4.78, 5) is 25.3. The maximum atomic E-state index is 11.8. The SMILES string of the molecule is Cc1cc(NC(=O)NCCCN2CCOCC2)ccc1C(N)=O. The van der Waals surface area contributed by atoms with Crippen molar-refractivity contribution in [3.05, 3.63) is 29.3 Å². The molecule has 1 aliphatic heterocycles. The summed E-state index contributed by atoms with van der Waals surface area (Å²) in [5.41, 5.74) is 7.09. The number of hydrogen-bond acceptors (Lipinski definition) is 4. The number of anilines is 1. The molecule has 126 valence electrons. The van der Waals surface area contributed by atoms with Crippen LogP contribution >= 0.6 is 0 Å². The highest BCUT2D eigenvalue weighted by atomic mass is 16.5. The molecular weight excluding hydrogens is 296 g/mol. The molecule has 0 aliphatic carbocycles. The summed E-state index contributed by atoms with van der Waals surface area (Å²) in [6, 6.07) is 4.76. The van der Waals surface area contributed by atoms with E-state index < -0.39 is 5.91 Å². The van der Waals surface area contributed by atoms with Crippen LogP contribution in [0.5, 0.6) is 0 Å². The topological polar surface area (TPSA) is 96.7 Å².